The molecule has 0 fully saturated rings. The summed E-state index contributed by atoms with van der Waals surface area (Å²) in [7, 11) is 1.98. The van der Waals surface area contributed by atoms with Gasteiger partial charge in [0.1, 0.15) is 0 Å². The highest BCUT2D eigenvalue weighted by atomic mass is 35.5. The van der Waals surface area contributed by atoms with E-state index in [0.717, 1.165) is 30.8 Å². The van der Waals surface area contributed by atoms with Gasteiger partial charge in [-0.1, -0.05) is 30.3 Å². The minimum atomic E-state index is 0. The molecule has 3 rings (SSSR count). The Labute approximate surface area is 156 Å². The van der Waals surface area contributed by atoms with Crippen molar-refractivity contribution in [3.63, 3.8) is 0 Å². The van der Waals surface area contributed by atoms with Crippen molar-refractivity contribution in [2.75, 3.05) is 30.8 Å². The number of aryl methyl sites for hydroxylation is 1. The van der Waals surface area contributed by atoms with E-state index >= 15 is 0 Å². The number of hydrogen-bond acceptors (Lipinski definition) is 3. The van der Waals surface area contributed by atoms with Crippen molar-refractivity contribution in [2.45, 2.75) is 26.8 Å². The Morgan fingerprint density at radius 2 is 1.96 bits per heavy atom. The molecule has 0 aliphatic carbocycles. The molecule has 134 valence electrons. The summed E-state index contributed by atoms with van der Waals surface area (Å²) in [4.78, 5) is 14.4. The summed E-state index contributed by atoms with van der Waals surface area (Å²) in [6.45, 7) is 6.23. The van der Waals surface area contributed by atoms with Gasteiger partial charge in [-0.2, -0.15) is 0 Å². The minimum absolute atomic E-state index is 0. The number of carbonyl (C=O) groups is 1. The number of carbonyl (C=O) groups excluding carboxylic acids is 1. The molecule has 2 aromatic carbocycles. The summed E-state index contributed by atoms with van der Waals surface area (Å²) >= 11 is 0. The van der Waals surface area contributed by atoms with Crippen LogP contribution in [-0.4, -0.2) is 30.9 Å². The smallest absolute Gasteiger partial charge is 0.238 e. The monoisotopic (exact) mass is 359 g/mol. The van der Waals surface area contributed by atoms with Crippen molar-refractivity contribution in [1.82, 2.24) is 4.90 Å². The standard InChI is InChI=1S/C20H25N3O.ClH/c1-14-6-4-9-18(15(14)2)22-19(24)13-23(3)12-17-8-5-7-16-10-11-21-20(16)17;/h4-9,21H,10-13H2,1-3H3,(H,22,24);1H. The van der Waals surface area contributed by atoms with Crippen LogP contribution in [0.25, 0.3) is 0 Å². The Bertz CT molecular complexity index is 761. The number of halogens is 1. The number of rotatable bonds is 5. The van der Waals surface area contributed by atoms with E-state index < -0.39 is 0 Å². The molecule has 0 radical (unpaired) electrons. The lowest BCUT2D eigenvalue weighted by atomic mass is 10.1. The highest BCUT2D eigenvalue weighted by Crippen LogP contribution is 2.27. The third kappa shape index (κ3) is 4.53. The molecule has 4 nitrogen and oxygen atoms in total. The predicted molar refractivity (Wildman–Crippen MR) is 107 cm³/mol. The zero-order chi connectivity index (χ0) is 17.1. The van der Waals surface area contributed by atoms with Gasteiger partial charge in [0.2, 0.25) is 5.91 Å². The van der Waals surface area contributed by atoms with E-state index in [1.165, 1.54) is 22.4 Å². The zero-order valence-corrected chi connectivity index (χ0v) is 15.9. The molecule has 0 bridgehead atoms. The SMILES string of the molecule is Cc1cccc(NC(=O)CN(C)Cc2cccc3c2NCC3)c1C.Cl. The maximum absolute atomic E-state index is 12.3. The lowest BCUT2D eigenvalue weighted by Gasteiger charge is -2.19. The molecule has 25 heavy (non-hydrogen) atoms. The molecule has 0 aromatic heterocycles. The molecule has 0 atom stereocenters. The van der Waals surface area contributed by atoms with E-state index in [9.17, 15) is 4.79 Å². The Balaban J connectivity index is 0.00000225. The highest BCUT2D eigenvalue weighted by molar-refractivity contribution is 5.93. The number of anilines is 2. The van der Waals surface area contributed by atoms with Crippen molar-refractivity contribution in [3.8, 4) is 0 Å². The van der Waals surface area contributed by atoms with Gasteiger partial charge >= 0.3 is 0 Å². The lowest BCUT2D eigenvalue weighted by Crippen LogP contribution is -2.30. The Hall–Kier alpha value is -2.04. The van der Waals surface area contributed by atoms with Gasteiger partial charge in [0.15, 0.2) is 0 Å². The van der Waals surface area contributed by atoms with Gasteiger partial charge in [0, 0.05) is 24.5 Å². The summed E-state index contributed by atoms with van der Waals surface area (Å²) in [6.07, 6.45) is 1.08. The van der Waals surface area contributed by atoms with Crippen LogP contribution < -0.4 is 10.6 Å². The first-order chi connectivity index (χ1) is 11.5. The van der Waals surface area contributed by atoms with Crippen LogP contribution in [0.1, 0.15) is 22.3 Å². The van der Waals surface area contributed by atoms with Crippen molar-refractivity contribution in [2.24, 2.45) is 0 Å². The van der Waals surface area contributed by atoms with Crippen LogP contribution in [-0.2, 0) is 17.8 Å². The lowest BCUT2D eigenvalue weighted by molar-refractivity contribution is -0.117. The predicted octanol–water partition coefficient (Wildman–Crippen LogP) is 3.76. The average molecular weight is 360 g/mol. The summed E-state index contributed by atoms with van der Waals surface area (Å²) in [5.74, 6) is 0.0201. The molecule has 0 unspecified atom stereocenters. The number of nitrogens with zero attached hydrogens (tertiary/aromatic N) is 1. The number of likely N-dealkylation sites (N-methyl/N-ethyl adjacent to an activating group) is 1. The molecule has 0 saturated heterocycles. The number of para-hydroxylation sites is 1. The largest absolute Gasteiger partial charge is 0.384 e. The van der Waals surface area contributed by atoms with Crippen molar-refractivity contribution in [1.29, 1.82) is 0 Å². The maximum Gasteiger partial charge on any atom is 0.238 e. The number of hydrogen-bond donors (Lipinski definition) is 2. The molecule has 1 aliphatic rings. The first kappa shape index (κ1) is 19.3. The number of amides is 1. The van der Waals surface area contributed by atoms with Crippen LogP contribution in [0.4, 0.5) is 11.4 Å². The second-order valence-corrected chi connectivity index (χ2v) is 6.60. The van der Waals surface area contributed by atoms with Gasteiger partial charge in [-0.3, -0.25) is 9.69 Å². The summed E-state index contributed by atoms with van der Waals surface area (Å²) in [5, 5.41) is 6.48. The van der Waals surface area contributed by atoms with Crippen LogP contribution in [0, 0.1) is 13.8 Å². The molecule has 5 heteroatoms. The third-order valence-corrected chi connectivity index (χ3v) is 4.67. The summed E-state index contributed by atoms with van der Waals surface area (Å²) in [5.41, 5.74) is 7.09. The second kappa shape index (κ2) is 8.37. The van der Waals surface area contributed by atoms with Gasteiger partial charge in [0.05, 0.1) is 6.54 Å². The molecule has 1 aliphatic heterocycles. The van der Waals surface area contributed by atoms with Crippen molar-refractivity contribution >= 4 is 29.7 Å². The van der Waals surface area contributed by atoms with Gasteiger partial charge in [-0.25, -0.2) is 0 Å². The Morgan fingerprint density at radius 3 is 2.76 bits per heavy atom. The van der Waals surface area contributed by atoms with Crippen LogP contribution >= 0.6 is 12.4 Å². The van der Waals surface area contributed by atoms with Crippen molar-refractivity contribution in [3.05, 3.63) is 58.7 Å². The van der Waals surface area contributed by atoms with Crippen LogP contribution in [0.2, 0.25) is 0 Å². The molecule has 0 saturated carbocycles. The van der Waals surface area contributed by atoms with Gasteiger partial charge in [0.25, 0.3) is 0 Å². The Morgan fingerprint density at radius 1 is 1.20 bits per heavy atom. The molecule has 2 N–H and O–H groups in total. The molecule has 1 heterocycles. The number of nitrogens with one attached hydrogen (secondary N) is 2. The molecule has 0 spiro atoms. The Kier molecular flexibility index (Phi) is 6.45. The van der Waals surface area contributed by atoms with Gasteiger partial charge < -0.3 is 10.6 Å². The highest BCUT2D eigenvalue weighted by Gasteiger charge is 2.16. The first-order valence-electron chi connectivity index (χ1n) is 8.44. The summed E-state index contributed by atoms with van der Waals surface area (Å²) in [6, 6.07) is 12.4. The van der Waals surface area contributed by atoms with E-state index in [1.807, 2.05) is 26.1 Å². The maximum atomic E-state index is 12.3. The molecular formula is C20H26ClN3O. The normalized spacial score (nSPS) is 12.3. The molecule has 2 aromatic rings. The topological polar surface area (TPSA) is 44.4 Å². The minimum Gasteiger partial charge on any atom is -0.384 e. The number of benzene rings is 2. The fraction of sp³-hybridized carbons (Fsp3) is 0.350. The fourth-order valence-corrected chi connectivity index (χ4v) is 3.21. The summed E-state index contributed by atoms with van der Waals surface area (Å²) < 4.78 is 0. The quantitative estimate of drug-likeness (QED) is 0.854. The van der Waals surface area contributed by atoms with E-state index in [1.54, 1.807) is 0 Å². The molecule has 1 amide bonds. The van der Waals surface area contributed by atoms with Crippen molar-refractivity contribution < 1.29 is 4.79 Å². The van der Waals surface area contributed by atoms with Gasteiger partial charge in [-0.05, 0) is 55.6 Å². The fourth-order valence-electron chi connectivity index (χ4n) is 3.21. The van der Waals surface area contributed by atoms with E-state index in [-0.39, 0.29) is 18.3 Å². The van der Waals surface area contributed by atoms with E-state index in [2.05, 4.69) is 46.7 Å². The van der Waals surface area contributed by atoms with Crippen LogP contribution in [0.3, 0.4) is 0 Å². The average Bonchev–Trinajstić information content (AvgIpc) is 3.01. The first-order valence-corrected chi connectivity index (χ1v) is 8.44. The van der Waals surface area contributed by atoms with Crippen LogP contribution in [0.5, 0.6) is 0 Å². The molecular weight excluding hydrogens is 334 g/mol. The van der Waals surface area contributed by atoms with E-state index in [0.29, 0.717) is 6.54 Å². The van der Waals surface area contributed by atoms with Crippen LogP contribution in [0.15, 0.2) is 36.4 Å². The second-order valence-electron chi connectivity index (χ2n) is 6.60. The van der Waals surface area contributed by atoms with Gasteiger partial charge in [-0.15, -0.1) is 12.4 Å². The van der Waals surface area contributed by atoms with E-state index in [4.69, 9.17) is 0 Å². The zero-order valence-electron chi connectivity index (χ0n) is 15.1. The third-order valence-electron chi connectivity index (χ3n) is 4.67. The number of fused-ring (bicyclic) bond motifs is 1.